The van der Waals surface area contributed by atoms with Crippen LogP contribution < -0.4 is 14.8 Å². The lowest BCUT2D eigenvalue weighted by atomic mass is 9.97. The normalized spacial score (nSPS) is 17.4. The molecule has 1 saturated heterocycles. The van der Waals surface area contributed by atoms with Crippen molar-refractivity contribution in [3.05, 3.63) is 52.0 Å². The highest BCUT2D eigenvalue weighted by Crippen LogP contribution is 2.34. The van der Waals surface area contributed by atoms with Crippen molar-refractivity contribution >= 4 is 39.1 Å². The van der Waals surface area contributed by atoms with Gasteiger partial charge in [0.05, 0.1) is 10.0 Å². The Balaban J connectivity index is 1.34. The van der Waals surface area contributed by atoms with Gasteiger partial charge in [-0.3, -0.25) is 4.79 Å². The van der Waals surface area contributed by atoms with E-state index >= 15 is 0 Å². The minimum Gasteiger partial charge on any atom is -0.486 e. The molecule has 4 rings (SSSR count). The maximum absolute atomic E-state index is 13.0. The first kappa shape index (κ1) is 22.2. The monoisotopic (exact) mass is 484 g/mol. The van der Waals surface area contributed by atoms with Gasteiger partial charge < -0.3 is 14.8 Å². The molecule has 0 aliphatic carbocycles. The van der Waals surface area contributed by atoms with E-state index in [1.165, 1.54) is 16.4 Å². The lowest BCUT2D eigenvalue weighted by Crippen LogP contribution is -2.43. The summed E-state index contributed by atoms with van der Waals surface area (Å²) in [4.78, 5) is 12.5. The summed E-state index contributed by atoms with van der Waals surface area (Å²) < 4.78 is 38.3. The second kappa shape index (κ2) is 9.24. The summed E-state index contributed by atoms with van der Waals surface area (Å²) in [6.07, 6.45) is 0.850. The zero-order valence-corrected chi connectivity index (χ0v) is 19.0. The van der Waals surface area contributed by atoms with Crippen LogP contribution >= 0.6 is 23.2 Å². The Hall–Kier alpha value is -2.00. The van der Waals surface area contributed by atoms with Crippen molar-refractivity contribution in [1.82, 2.24) is 9.62 Å². The van der Waals surface area contributed by atoms with Gasteiger partial charge >= 0.3 is 0 Å². The fourth-order valence-electron chi connectivity index (χ4n) is 3.75. The van der Waals surface area contributed by atoms with E-state index in [0.717, 1.165) is 5.56 Å². The Morgan fingerprint density at radius 1 is 1.03 bits per heavy atom. The van der Waals surface area contributed by atoms with Crippen LogP contribution in [-0.4, -0.2) is 44.9 Å². The molecule has 0 spiro atoms. The van der Waals surface area contributed by atoms with Gasteiger partial charge in [-0.15, -0.1) is 0 Å². The number of carbonyl (C=O) groups excluding carboxylic acids is 1. The fourth-order valence-corrected chi connectivity index (χ4v) is 6.31. The number of hydrogen-bond acceptors (Lipinski definition) is 5. The largest absolute Gasteiger partial charge is 0.486 e. The van der Waals surface area contributed by atoms with Gasteiger partial charge in [0.1, 0.15) is 18.1 Å². The molecule has 2 heterocycles. The first-order valence-corrected chi connectivity index (χ1v) is 12.2. The SMILES string of the molecule is O=C(NCc1ccc2c(c1)OCCO2)C1CCN(S(=O)(=O)c2c(Cl)cccc2Cl)CC1. The van der Waals surface area contributed by atoms with E-state index in [0.29, 0.717) is 44.1 Å². The Bertz CT molecular complexity index is 1060. The van der Waals surface area contributed by atoms with Crippen LogP contribution in [0.15, 0.2) is 41.3 Å². The summed E-state index contributed by atoms with van der Waals surface area (Å²) in [5, 5.41) is 3.11. The average Bonchev–Trinajstić information content (AvgIpc) is 2.77. The number of sulfonamides is 1. The number of piperidine rings is 1. The third kappa shape index (κ3) is 4.77. The molecule has 0 radical (unpaired) electrons. The molecule has 10 heteroatoms. The molecule has 166 valence electrons. The molecule has 0 unspecified atom stereocenters. The molecule has 2 aromatic carbocycles. The Morgan fingerprint density at radius 2 is 1.68 bits per heavy atom. The Morgan fingerprint density at radius 3 is 2.35 bits per heavy atom. The van der Waals surface area contributed by atoms with Crippen LogP contribution in [0.2, 0.25) is 10.0 Å². The number of halogens is 2. The number of fused-ring (bicyclic) bond motifs is 1. The van der Waals surface area contributed by atoms with Crippen molar-refractivity contribution in [3.8, 4) is 11.5 Å². The van der Waals surface area contributed by atoms with Crippen molar-refractivity contribution in [1.29, 1.82) is 0 Å². The van der Waals surface area contributed by atoms with Crippen LogP contribution in [0.5, 0.6) is 11.5 Å². The number of benzene rings is 2. The van der Waals surface area contributed by atoms with E-state index in [1.807, 2.05) is 18.2 Å². The van der Waals surface area contributed by atoms with Crippen LogP contribution in [0, 0.1) is 5.92 Å². The standard InChI is InChI=1S/C21H22Cl2N2O5S/c22-16-2-1-3-17(23)20(16)31(27,28)25-8-6-15(7-9-25)21(26)24-13-14-4-5-18-19(12-14)30-11-10-29-18/h1-5,12,15H,6-11,13H2,(H,24,26). The summed E-state index contributed by atoms with van der Waals surface area (Å²) in [7, 11) is -3.82. The molecule has 0 bridgehead atoms. The smallest absolute Gasteiger partial charge is 0.246 e. The lowest BCUT2D eigenvalue weighted by molar-refractivity contribution is -0.126. The molecule has 31 heavy (non-hydrogen) atoms. The van der Waals surface area contributed by atoms with E-state index in [4.69, 9.17) is 32.7 Å². The minimum atomic E-state index is -3.82. The third-order valence-corrected chi connectivity index (χ3v) is 8.27. The Kier molecular flexibility index (Phi) is 6.62. The van der Waals surface area contributed by atoms with E-state index in [9.17, 15) is 13.2 Å². The van der Waals surface area contributed by atoms with E-state index < -0.39 is 10.0 Å². The van der Waals surface area contributed by atoms with Gasteiger partial charge in [-0.05, 0) is 42.7 Å². The van der Waals surface area contributed by atoms with Crippen LogP contribution in [-0.2, 0) is 21.4 Å². The van der Waals surface area contributed by atoms with Crippen molar-refractivity contribution < 1.29 is 22.7 Å². The van der Waals surface area contributed by atoms with Crippen LogP contribution in [0.3, 0.4) is 0 Å². The van der Waals surface area contributed by atoms with Crippen LogP contribution in [0.1, 0.15) is 18.4 Å². The summed E-state index contributed by atoms with van der Waals surface area (Å²) >= 11 is 12.2. The first-order valence-electron chi connectivity index (χ1n) is 9.96. The highest BCUT2D eigenvalue weighted by molar-refractivity contribution is 7.89. The predicted molar refractivity (Wildman–Crippen MR) is 117 cm³/mol. The second-order valence-electron chi connectivity index (χ2n) is 7.42. The number of nitrogens with zero attached hydrogens (tertiary/aromatic N) is 1. The molecule has 2 aliphatic heterocycles. The highest BCUT2D eigenvalue weighted by Gasteiger charge is 2.34. The third-order valence-electron chi connectivity index (χ3n) is 5.41. The van der Waals surface area contributed by atoms with E-state index in [2.05, 4.69) is 5.32 Å². The molecule has 1 amide bonds. The summed E-state index contributed by atoms with van der Waals surface area (Å²) in [5.41, 5.74) is 0.908. The second-order valence-corrected chi connectivity index (χ2v) is 10.1. The molecular formula is C21H22Cl2N2O5S. The van der Waals surface area contributed by atoms with E-state index in [-0.39, 0.29) is 39.9 Å². The molecule has 2 aliphatic rings. The molecule has 0 atom stereocenters. The van der Waals surface area contributed by atoms with Gasteiger partial charge in [0.2, 0.25) is 15.9 Å². The van der Waals surface area contributed by atoms with Gasteiger partial charge in [0.15, 0.2) is 11.5 Å². The van der Waals surface area contributed by atoms with Gasteiger partial charge in [-0.25, -0.2) is 8.42 Å². The first-order chi connectivity index (χ1) is 14.9. The maximum atomic E-state index is 13.0. The summed E-state index contributed by atoms with van der Waals surface area (Å²) in [5.74, 6) is 1.02. The van der Waals surface area contributed by atoms with Crippen LogP contribution in [0.4, 0.5) is 0 Å². The highest BCUT2D eigenvalue weighted by atomic mass is 35.5. The summed E-state index contributed by atoms with van der Waals surface area (Å²) in [6, 6.07) is 10.2. The molecule has 1 fully saturated rings. The number of rotatable bonds is 5. The average molecular weight is 485 g/mol. The van der Waals surface area contributed by atoms with Gasteiger partial charge in [0.25, 0.3) is 0 Å². The zero-order chi connectivity index (χ0) is 22.0. The van der Waals surface area contributed by atoms with Crippen LogP contribution in [0.25, 0.3) is 0 Å². The summed E-state index contributed by atoms with van der Waals surface area (Å²) in [6.45, 7) is 1.85. The van der Waals surface area contributed by atoms with Gasteiger partial charge in [0, 0.05) is 25.6 Å². The lowest BCUT2D eigenvalue weighted by Gasteiger charge is -2.31. The number of ether oxygens (including phenoxy) is 2. The maximum Gasteiger partial charge on any atom is 0.246 e. The van der Waals surface area contributed by atoms with Crippen molar-refractivity contribution in [2.24, 2.45) is 5.92 Å². The Labute approximate surface area is 191 Å². The molecular weight excluding hydrogens is 463 g/mol. The molecule has 1 N–H and O–H groups in total. The number of carbonyl (C=O) groups is 1. The van der Waals surface area contributed by atoms with Crippen molar-refractivity contribution in [2.75, 3.05) is 26.3 Å². The predicted octanol–water partition coefficient (Wildman–Crippen LogP) is 3.48. The molecule has 2 aromatic rings. The zero-order valence-electron chi connectivity index (χ0n) is 16.6. The molecule has 0 saturated carbocycles. The van der Waals surface area contributed by atoms with Crippen molar-refractivity contribution in [2.45, 2.75) is 24.3 Å². The number of hydrogen-bond donors (Lipinski definition) is 1. The minimum absolute atomic E-state index is 0.0835. The van der Waals surface area contributed by atoms with Gasteiger partial charge in [-0.2, -0.15) is 4.31 Å². The molecule has 0 aromatic heterocycles. The van der Waals surface area contributed by atoms with Crippen molar-refractivity contribution in [3.63, 3.8) is 0 Å². The fraction of sp³-hybridized carbons (Fsp3) is 0.381. The number of nitrogens with one attached hydrogen (secondary N) is 1. The quantitative estimate of drug-likeness (QED) is 0.701. The topological polar surface area (TPSA) is 84.9 Å². The number of amides is 1. The molecule has 7 nitrogen and oxygen atoms in total. The van der Waals surface area contributed by atoms with Gasteiger partial charge in [-0.1, -0.05) is 35.3 Å². The van der Waals surface area contributed by atoms with E-state index in [1.54, 1.807) is 6.07 Å².